The fourth-order valence-electron chi connectivity index (χ4n) is 2.21. The number of ether oxygens (including phenoxy) is 2. The third kappa shape index (κ3) is 10.4. The Morgan fingerprint density at radius 1 is 0.958 bits per heavy atom. The molecular weight excluding hydrogens is 372 g/mol. The van der Waals surface area contributed by atoms with Crippen molar-refractivity contribution in [3.8, 4) is 0 Å². The maximum absolute atomic E-state index is 11.6. The van der Waals surface area contributed by atoms with Crippen LogP contribution in [0.2, 0.25) is 0 Å². The molecule has 134 valence electrons. The Balaban J connectivity index is 2.04. The van der Waals surface area contributed by atoms with Crippen molar-refractivity contribution < 1.29 is 19.1 Å². The molecule has 5 heteroatoms. The van der Waals surface area contributed by atoms with Gasteiger partial charge in [-0.3, -0.25) is 9.59 Å². The van der Waals surface area contributed by atoms with E-state index in [9.17, 15) is 9.59 Å². The molecule has 0 unspecified atom stereocenters. The molecule has 4 nitrogen and oxygen atoms in total. The molecule has 0 fully saturated rings. The zero-order chi connectivity index (χ0) is 17.6. The maximum atomic E-state index is 11.6. The summed E-state index contributed by atoms with van der Waals surface area (Å²) in [5.41, 5.74) is 0.906. The first kappa shape index (κ1) is 20.7. The molecule has 0 spiro atoms. The summed E-state index contributed by atoms with van der Waals surface area (Å²) < 4.78 is 11.2. The third-order valence-electron chi connectivity index (χ3n) is 3.58. The highest BCUT2D eigenvalue weighted by atomic mass is 79.9. The molecule has 1 aromatic carbocycles. The van der Waals surface area contributed by atoms with Crippen molar-refractivity contribution in [2.24, 2.45) is 0 Å². The van der Waals surface area contributed by atoms with Gasteiger partial charge in [0.15, 0.2) is 0 Å². The zero-order valence-electron chi connectivity index (χ0n) is 14.4. The molecule has 0 saturated carbocycles. The average Bonchev–Trinajstić information content (AvgIpc) is 2.57. The van der Waals surface area contributed by atoms with Crippen LogP contribution < -0.4 is 0 Å². The van der Waals surface area contributed by atoms with Crippen molar-refractivity contribution in [2.75, 3.05) is 6.61 Å². The van der Waals surface area contributed by atoms with E-state index in [4.69, 9.17) is 9.47 Å². The summed E-state index contributed by atoms with van der Waals surface area (Å²) in [6, 6.07) is 7.56. The van der Waals surface area contributed by atoms with Crippen LogP contribution in [0.25, 0.3) is 0 Å². The maximum Gasteiger partial charge on any atom is 0.306 e. The SMILES string of the molecule is CCCCCCCCOC(=O)CCC(=O)OCc1cccc(Br)c1. The van der Waals surface area contributed by atoms with E-state index in [-0.39, 0.29) is 31.4 Å². The number of hydrogen-bond donors (Lipinski definition) is 0. The number of carbonyl (C=O) groups is 2. The van der Waals surface area contributed by atoms with Crippen LogP contribution in [0.4, 0.5) is 0 Å². The molecule has 1 aromatic rings. The van der Waals surface area contributed by atoms with Crippen LogP contribution in [0.3, 0.4) is 0 Å². The summed E-state index contributed by atoms with van der Waals surface area (Å²) in [7, 11) is 0. The van der Waals surface area contributed by atoms with E-state index >= 15 is 0 Å². The van der Waals surface area contributed by atoms with E-state index in [0.29, 0.717) is 6.61 Å². The van der Waals surface area contributed by atoms with Gasteiger partial charge < -0.3 is 9.47 Å². The Hall–Kier alpha value is -1.36. The van der Waals surface area contributed by atoms with Gasteiger partial charge in [-0.05, 0) is 24.1 Å². The van der Waals surface area contributed by atoms with Crippen LogP contribution in [0.1, 0.15) is 63.9 Å². The monoisotopic (exact) mass is 398 g/mol. The number of unbranched alkanes of at least 4 members (excludes halogenated alkanes) is 5. The van der Waals surface area contributed by atoms with Crippen LogP contribution >= 0.6 is 15.9 Å². The summed E-state index contributed by atoms with van der Waals surface area (Å²) in [5, 5.41) is 0. The lowest BCUT2D eigenvalue weighted by molar-refractivity contribution is -0.151. The van der Waals surface area contributed by atoms with Crippen LogP contribution in [-0.4, -0.2) is 18.5 Å². The van der Waals surface area contributed by atoms with Crippen LogP contribution in [0.15, 0.2) is 28.7 Å². The van der Waals surface area contributed by atoms with Crippen LogP contribution in [0.5, 0.6) is 0 Å². The first-order valence-corrected chi connectivity index (χ1v) is 9.46. The summed E-state index contributed by atoms with van der Waals surface area (Å²) in [4.78, 5) is 23.2. The summed E-state index contributed by atoms with van der Waals surface area (Å²) in [5.74, 6) is -0.713. The lowest BCUT2D eigenvalue weighted by Gasteiger charge is -2.06. The molecule has 0 aliphatic carbocycles. The molecule has 1 rings (SSSR count). The predicted octanol–water partition coefficient (Wildman–Crippen LogP) is 5.18. The van der Waals surface area contributed by atoms with E-state index in [2.05, 4.69) is 22.9 Å². The van der Waals surface area contributed by atoms with E-state index in [1.54, 1.807) is 0 Å². The Labute approximate surface area is 153 Å². The average molecular weight is 399 g/mol. The molecule has 0 radical (unpaired) electrons. The molecular formula is C19H27BrO4. The Morgan fingerprint density at radius 3 is 2.33 bits per heavy atom. The first-order valence-electron chi connectivity index (χ1n) is 8.67. The number of benzene rings is 1. The molecule has 0 aliphatic rings. The minimum Gasteiger partial charge on any atom is -0.466 e. The van der Waals surface area contributed by atoms with Crippen LogP contribution in [-0.2, 0) is 25.7 Å². The molecule has 0 atom stereocenters. The molecule has 0 aromatic heterocycles. The topological polar surface area (TPSA) is 52.6 Å². The van der Waals surface area contributed by atoms with Crippen molar-refractivity contribution in [3.05, 3.63) is 34.3 Å². The van der Waals surface area contributed by atoms with Crippen molar-refractivity contribution in [3.63, 3.8) is 0 Å². The molecule has 24 heavy (non-hydrogen) atoms. The normalized spacial score (nSPS) is 10.4. The minimum atomic E-state index is -0.383. The van der Waals surface area contributed by atoms with Gasteiger partial charge in [0, 0.05) is 4.47 Å². The zero-order valence-corrected chi connectivity index (χ0v) is 16.0. The second-order valence-corrected chi connectivity index (χ2v) is 6.69. The van der Waals surface area contributed by atoms with Crippen LogP contribution in [0, 0.1) is 0 Å². The highest BCUT2D eigenvalue weighted by Gasteiger charge is 2.09. The van der Waals surface area contributed by atoms with Gasteiger partial charge in [0.1, 0.15) is 6.61 Å². The van der Waals surface area contributed by atoms with E-state index < -0.39 is 0 Å². The number of carbonyl (C=O) groups excluding carboxylic acids is 2. The third-order valence-corrected chi connectivity index (χ3v) is 4.08. The lowest BCUT2D eigenvalue weighted by atomic mass is 10.1. The summed E-state index contributed by atoms with van der Waals surface area (Å²) in [6.45, 7) is 2.84. The van der Waals surface area contributed by atoms with Gasteiger partial charge in [0.2, 0.25) is 0 Å². The largest absolute Gasteiger partial charge is 0.466 e. The first-order chi connectivity index (χ1) is 11.6. The molecule has 0 aliphatic heterocycles. The van der Waals surface area contributed by atoms with Crippen molar-refractivity contribution in [1.29, 1.82) is 0 Å². The Kier molecular flexibility index (Phi) is 11.2. The van der Waals surface area contributed by atoms with Gasteiger partial charge in [-0.2, -0.15) is 0 Å². The van der Waals surface area contributed by atoms with Crippen molar-refractivity contribution in [1.82, 2.24) is 0 Å². The quantitative estimate of drug-likeness (QED) is 0.359. The molecule has 0 amide bonds. The standard InChI is InChI=1S/C19H27BrO4/c1-2-3-4-5-6-7-13-23-18(21)11-12-19(22)24-15-16-9-8-10-17(20)14-16/h8-10,14H,2-7,11-13,15H2,1H3. The summed E-state index contributed by atoms with van der Waals surface area (Å²) >= 11 is 3.36. The van der Waals surface area contributed by atoms with Gasteiger partial charge in [-0.25, -0.2) is 0 Å². The fourth-order valence-corrected chi connectivity index (χ4v) is 2.65. The van der Waals surface area contributed by atoms with Gasteiger partial charge in [0.05, 0.1) is 19.4 Å². The second-order valence-electron chi connectivity index (χ2n) is 5.78. The highest BCUT2D eigenvalue weighted by Crippen LogP contribution is 2.12. The predicted molar refractivity (Wildman–Crippen MR) is 97.5 cm³/mol. The van der Waals surface area contributed by atoms with Gasteiger partial charge >= 0.3 is 11.9 Å². The number of hydrogen-bond acceptors (Lipinski definition) is 4. The van der Waals surface area contributed by atoms with Crippen molar-refractivity contribution in [2.45, 2.75) is 64.9 Å². The number of rotatable bonds is 12. The number of esters is 2. The number of halogens is 1. The second kappa shape index (κ2) is 13.0. The van der Waals surface area contributed by atoms with E-state index in [1.165, 1.54) is 25.7 Å². The van der Waals surface area contributed by atoms with E-state index in [1.807, 2.05) is 24.3 Å². The summed E-state index contributed by atoms with van der Waals surface area (Å²) in [6.07, 6.45) is 7.04. The fraction of sp³-hybridized carbons (Fsp3) is 0.579. The lowest BCUT2D eigenvalue weighted by Crippen LogP contribution is -2.11. The smallest absolute Gasteiger partial charge is 0.306 e. The molecule has 0 N–H and O–H groups in total. The van der Waals surface area contributed by atoms with Gasteiger partial charge in [0.25, 0.3) is 0 Å². The molecule has 0 bridgehead atoms. The molecule has 0 heterocycles. The van der Waals surface area contributed by atoms with Gasteiger partial charge in [-0.1, -0.05) is 67.1 Å². The van der Waals surface area contributed by atoms with Gasteiger partial charge in [-0.15, -0.1) is 0 Å². The molecule has 0 saturated heterocycles. The highest BCUT2D eigenvalue weighted by molar-refractivity contribution is 9.10. The van der Waals surface area contributed by atoms with E-state index in [0.717, 1.165) is 22.9 Å². The minimum absolute atomic E-state index is 0.0589. The van der Waals surface area contributed by atoms with Crippen molar-refractivity contribution >= 4 is 27.9 Å². The Morgan fingerprint density at radius 2 is 1.62 bits per heavy atom. The Bertz CT molecular complexity index is 502.